The standard InChI is InChI=1S/C7H12N2O/c1-5(8)6-3-2-4-7(10)9-6/h2-6,9-10H,8H2,1H3/t5?,6-/m1/s1. The van der Waals surface area contributed by atoms with Gasteiger partial charge < -0.3 is 16.2 Å². The van der Waals surface area contributed by atoms with E-state index in [9.17, 15) is 0 Å². The predicted octanol–water partition coefficient (Wildman–Crippen LogP) is 0.261. The molecular weight excluding hydrogens is 128 g/mol. The number of dihydropyridines is 1. The molecule has 1 aliphatic rings. The number of hydrogen-bond acceptors (Lipinski definition) is 3. The van der Waals surface area contributed by atoms with Crippen LogP contribution in [-0.2, 0) is 0 Å². The zero-order valence-corrected chi connectivity index (χ0v) is 5.91. The molecule has 0 aliphatic carbocycles. The number of aliphatic hydroxyl groups excluding tert-OH is 1. The highest BCUT2D eigenvalue weighted by Crippen LogP contribution is 2.01. The fraction of sp³-hybridized carbons (Fsp3) is 0.429. The molecule has 56 valence electrons. The van der Waals surface area contributed by atoms with Crippen LogP contribution in [0.4, 0.5) is 0 Å². The molecule has 0 bridgehead atoms. The molecule has 1 unspecified atom stereocenters. The van der Waals surface area contributed by atoms with Crippen molar-refractivity contribution in [2.75, 3.05) is 0 Å². The molecule has 4 N–H and O–H groups in total. The van der Waals surface area contributed by atoms with Gasteiger partial charge in [0.15, 0.2) is 5.88 Å². The zero-order chi connectivity index (χ0) is 7.56. The van der Waals surface area contributed by atoms with Crippen LogP contribution in [0.2, 0.25) is 0 Å². The SMILES string of the molecule is CC(N)[C@H]1C=CC=C(O)N1. The van der Waals surface area contributed by atoms with E-state index >= 15 is 0 Å². The molecule has 0 saturated carbocycles. The topological polar surface area (TPSA) is 58.3 Å². The maximum absolute atomic E-state index is 8.97. The normalized spacial score (nSPS) is 27.0. The van der Waals surface area contributed by atoms with Crippen molar-refractivity contribution >= 4 is 0 Å². The minimum atomic E-state index is 0.0205. The van der Waals surface area contributed by atoms with Gasteiger partial charge in [-0.15, -0.1) is 0 Å². The smallest absolute Gasteiger partial charge is 0.184 e. The quantitative estimate of drug-likeness (QED) is 0.489. The Hall–Kier alpha value is -0.960. The van der Waals surface area contributed by atoms with Gasteiger partial charge in [0.1, 0.15) is 0 Å². The average molecular weight is 140 g/mol. The molecule has 3 heteroatoms. The third-order valence-corrected chi connectivity index (χ3v) is 1.45. The van der Waals surface area contributed by atoms with Crippen molar-refractivity contribution in [2.45, 2.75) is 19.0 Å². The lowest BCUT2D eigenvalue weighted by atomic mass is 10.1. The van der Waals surface area contributed by atoms with E-state index in [1.165, 1.54) is 0 Å². The first-order chi connectivity index (χ1) is 4.70. The maximum atomic E-state index is 8.97. The molecule has 2 atom stereocenters. The van der Waals surface area contributed by atoms with E-state index in [1.807, 2.05) is 13.0 Å². The fourth-order valence-electron chi connectivity index (χ4n) is 0.840. The Labute approximate surface area is 60.2 Å². The molecule has 0 aromatic heterocycles. The molecule has 0 amide bonds. The molecular formula is C7H12N2O. The number of hydrogen-bond donors (Lipinski definition) is 3. The Morgan fingerprint density at radius 2 is 2.50 bits per heavy atom. The van der Waals surface area contributed by atoms with Gasteiger partial charge in [0.2, 0.25) is 0 Å². The Morgan fingerprint density at radius 1 is 1.80 bits per heavy atom. The fourth-order valence-corrected chi connectivity index (χ4v) is 0.840. The van der Waals surface area contributed by atoms with E-state index in [0.29, 0.717) is 0 Å². The van der Waals surface area contributed by atoms with E-state index in [1.54, 1.807) is 12.2 Å². The van der Waals surface area contributed by atoms with Crippen LogP contribution in [0.3, 0.4) is 0 Å². The molecule has 0 spiro atoms. The van der Waals surface area contributed by atoms with Crippen LogP contribution in [0, 0.1) is 0 Å². The van der Waals surface area contributed by atoms with Crippen molar-refractivity contribution in [3.63, 3.8) is 0 Å². The summed E-state index contributed by atoms with van der Waals surface area (Å²) < 4.78 is 0. The lowest BCUT2D eigenvalue weighted by Crippen LogP contribution is -2.42. The molecule has 0 aromatic rings. The van der Waals surface area contributed by atoms with Gasteiger partial charge in [0.25, 0.3) is 0 Å². The summed E-state index contributed by atoms with van der Waals surface area (Å²) in [7, 11) is 0. The van der Waals surface area contributed by atoms with Gasteiger partial charge in [0.05, 0.1) is 6.04 Å². The highest BCUT2D eigenvalue weighted by Gasteiger charge is 2.12. The zero-order valence-electron chi connectivity index (χ0n) is 5.91. The molecule has 0 fully saturated rings. The van der Waals surface area contributed by atoms with Crippen LogP contribution in [0.25, 0.3) is 0 Å². The highest BCUT2D eigenvalue weighted by atomic mass is 16.3. The van der Waals surface area contributed by atoms with Crippen LogP contribution in [0.5, 0.6) is 0 Å². The molecule has 1 rings (SSSR count). The van der Waals surface area contributed by atoms with Crippen LogP contribution in [0.1, 0.15) is 6.92 Å². The van der Waals surface area contributed by atoms with E-state index in [4.69, 9.17) is 10.8 Å². The van der Waals surface area contributed by atoms with Crippen LogP contribution < -0.4 is 11.1 Å². The van der Waals surface area contributed by atoms with Gasteiger partial charge in [-0.1, -0.05) is 12.2 Å². The molecule has 3 nitrogen and oxygen atoms in total. The third-order valence-electron chi connectivity index (χ3n) is 1.45. The van der Waals surface area contributed by atoms with E-state index < -0.39 is 0 Å². The second-order valence-corrected chi connectivity index (χ2v) is 2.47. The van der Waals surface area contributed by atoms with Gasteiger partial charge in [0, 0.05) is 6.04 Å². The summed E-state index contributed by atoms with van der Waals surface area (Å²) in [4.78, 5) is 0. The molecule has 0 radical (unpaired) electrons. The number of allylic oxidation sites excluding steroid dienone is 2. The Kier molecular flexibility index (Phi) is 1.97. The largest absolute Gasteiger partial charge is 0.495 e. The van der Waals surface area contributed by atoms with Crippen molar-refractivity contribution in [1.82, 2.24) is 5.32 Å². The summed E-state index contributed by atoms with van der Waals surface area (Å²) in [6.45, 7) is 1.89. The third kappa shape index (κ3) is 1.51. The molecule has 1 heterocycles. The summed E-state index contributed by atoms with van der Waals surface area (Å²) >= 11 is 0. The van der Waals surface area contributed by atoms with Gasteiger partial charge in [-0.25, -0.2) is 0 Å². The summed E-state index contributed by atoms with van der Waals surface area (Å²) in [6.07, 6.45) is 5.31. The summed E-state index contributed by atoms with van der Waals surface area (Å²) in [5, 5.41) is 11.8. The Bertz CT molecular complexity index is 172. The summed E-state index contributed by atoms with van der Waals surface area (Å²) in [5.74, 6) is 0.185. The van der Waals surface area contributed by atoms with Crippen molar-refractivity contribution in [2.24, 2.45) is 5.73 Å². The van der Waals surface area contributed by atoms with Crippen LogP contribution in [-0.4, -0.2) is 17.2 Å². The highest BCUT2D eigenvalue weighted by molar-refractivity contribution is 5.16. The van der Waals surface area contributed by atoms with Crippen molar-refractivity contribution in [3.05, 3.63) is 24.1 Å². The lowest BCUT2D eigenvalue weighted by molar-refractivity contribution is 0.339. The minimum Gasteiger partial charge on any atom is -0.495 e. The second-order valence-electron chi connectivity index (χ2n) is 2.47. The average Bonchev–Trinajstić information content (AvgIpc) is 1.88. The summed E-state index contributed by atoms with van der Waals surface area (Å²) in [6, 6.07) is 0.0806. The van der Waals surface area contributed by atoms with E-state index in [-0.39, 0.29) is 18.0 Å². The van der Waals surface area contributed by atoms with Gasteiger partial charge in [-0.05, 0) is 13.0 Å². The molecule has 0 aromatic carbocycles. The number of rotatable bonds is 1. The van der Waals surface area contributed by atoms with Gasteiger partial charge >= 0.3 is 0 Å². The van der Waals surface area contributed by atoms with Gasteiger partial charge in [-0.3, -0.25) is 0 Å². The Balaban J connectivity index is 2.55. The van der Waals surface area contributed by atoms with Crippen molar-refractivity contribution < 1.29 is 5.11 Å². The molecule has 10 heavy (non-hydrogen) atoms. The number of aliphatic hydroxyl groups is 1. The van der Waals surface area contributed by atoms with E-state index in [2.05, 4.69) is 5.32 Å². The van der Waals surface area contributed by atoms with Crippen molar-refractivity contribution in [1.29, 1.82) is 0 Å². The van der Waals surface area contributed by atoms with Crippen molar-refractivity contribution in [3.8, 4) is 0 Å². The Morgan fingerprint density at radius 3 is 2.90 bits per heavy atom. The second kappa shape index (κ2) is 2.75. The first kappa shape index (κ1) is 7.15. The first-order valence-corrected chi connectivity index (χ1v) is 3.29. The van der Waals surface area contributed by atoms with E-state index in [0.717, 1.165) is 0 Å². The lowest BCUT2D eigenvalue weighted by Gasteiger charge is -2.21. The number of nitrogens with two attached hydrogens (primary N) is 1. The molecule has 1 aliphatic heterocycles. The van der Waals surface area contributed by atoms with Gasteiger partial charge in [-0.2, -0.15) is 0 Å². The minimum absolute atomic E-state index is 0.0205. The monoisotopic (exact) mass is 140 g/mol. The maximum Gasteiger partial charge on any atom is 0.184 e. The predicted molar refractivity (Wildman–Crippen MR) is 40.4 cm³/mol. The molecule has 0 saturated heterocycles. The first-order valence-electron chi connectivity index (χ1n) is 3.29. The van der Waals surface area contributed by atoms with Crippen LogP contribution in [0.15, 0.2) is 24.1 Å². The number of nitrogens with one attached hydrogen (secondary N) is 1. The van der Waals surface area contributed by atoms with Crippen LogP contribution >= 0.6 is 0 Å². The summed E-state index contributed by atoms with van der Waals surface area (Å²) in [5.41, 5.74) is 5.58.